The van der Waals surface area contributed by atoms with Gasteiger partial charge in [-0.2, -0.15) is 0 Å². The predicted octanol–water partition coefficient (Wildman–Crippen LogP) is 2.05. The van der Waals surface area contributed by atoms with Gasteiger partial charge < -0.3 is 15.8 Å². The van der Waals surface area contributed by atoms with Crippen molar-refractivity contribution in [2.24, 2.45) is 5.73 Å². The normalized spacial score (nSPS) is 22.5. The molecule has 1 saturated carbocycles. The average Bonchev–Trinajstić information content (AvgIpc) is 2.24. The summed E-state index contributed by atoms with van der Waals surface area (Å²) in [4.78, 5) is 11.8. The van der Waals surface area contributed by atoms with Crippen LogP contribution in [-0.4, -0.2) is 11.9 Å². The van der Waals surface area contributed by atoms with Crippen LogP contribution in [0.1, 0.15) is 12.8 Å². The van der Waals surface area contributed by atoms with Crippen LogP contribution in [0.15, 0.2) is 29.5 Å². The Kier molecular flexibility index (Phi) is 2.34. The Morgan fingerprint density at radius 1 is 1.41 bits per heavy atom. The number of hydrogen-bond donors (Lipinski definition) is 2. The highest BCUT2D eigenvalue weighted by molar-refractivity contribution is 6.31. The summed E-state index contributed by atoms with van der Waals surface area (Å²) in [5.41, 5.74) is 7.29. The van der Waals surface area contributed by atoms with E-state index in [1.807, 2.05) is 0 Å². The van der Waals surface area contributed by atoms with Crippen LogP contribution < -0.4 is 15.8 Å². The van der Waals surface area contributed by atoms with Crippen LogP contribution in [0.4, 0.5) is 5.69 Å². The van der Waals surface area contributed by atoms with Crippen molar-refractivity contribution >= 4 is 23.2 Å². The number of rotatable bonds is 0. The fourth-order valence-electron chi connectivity index (χ4n) is 2.02. The number of halogens is 1. The molecule has 0 atom stereocenters. The van der Waals surface area contributed by atoms with E-state index in [2.05, 4.69) is 5.32 Å². The van der Waals surface area contributed by atoms with E-state index in [1.165, 1.54) is 0 Å². The second-order valence-corrected chi connectivity index (χ2v) is 4.73. The first-order chi connectivity index (χ1) is 8.13. The summed E-state index contributed by atoms with van der Waals surface area (Å²) in [6.07, 6.45) is 1.46. The zero-order chi connectivity index (χ0) is 12.0. The Morgan fingerprint density at radius 3 is 2.88 bits per heavy atom. The van der Waals surface area contributed by atoms with E-state index >= 15 is 0 Å². The summed E-state index contributed by atoms with van der Waals surface area (Å²) in [7, 11) is 0. The smallest absolute Gasteiger partial charge is 0.291 e. The molecule has 1 aromatic carbocycles. The van der Waals surface area contributed by atoms with E-state index in [1.54, 1.807) is 18.2 Å². The fourth-order valence-corrected chi connectivity index (χ4v) is 2.19. The van der Waals surface area contributed by atoms with Gasteiger partial charge in [0.15, 0.2) is 11.5 Å². The lowest BCUT2D eigenvalue weighted by Gasteiger charge is -2.30. The molecule has 5 heteroatoms. The van der Waals surface area contributed by atoms with Crippen molar-refractivity contribution in [1.82, 2.24) is 0 Å². The molecular formula is C12H11ClN2O2. The number of ether oxygens (including phenoxy) is 1. The van der Waals surface area contributed by atoms with Gasteiger partial charge in [0.1, 0.15) is 0 Å². The van der Waals surface area contributed by atoms with Crippen molar-refractivity contribution in [1.29, 1.82) is 0 Å². The van der Waals surface area contributed by atoms with Gasteiger partial charge in [-0.25, -0.2) is 0 Å². The Morgan fingerprint density at radius 2 is 2.18 bits per heavy atom. The first kappa shape index (κ1) is 10.6. The maximum absolute atomic E-state index is 11.8. The van der Waals surface area contributed by atoms with Gasteiger partial charge in [-0.05, 0) is 36.6 Å². The van der Waals surface area contributed by atoms with Crippen molar-refractivity contribution in [3.05, 3.63) is 34.6 Å². The molecule has 2 aliphatic rings. The summed E-state index contributed by atoms with van der Waals surface area (Å²) < 4.78 is 5.60. The molecule has 1 fully saturated rings. The van der Waals surface area contributed by atoms with Crippen LogP contribution in [0.3, 0.4) is 0 Å². The first-order valence-electron chi connectivity index (χ1n) is 5.40. The van der Waals surface area contributed by atoms with E-state index in [4.69, 9.17) is 22.1 Å². The highest BCUT2D eigenvalue weighted by Crippen LogP contribution is 2.37. The van der Waals surface area contributed by atoms with Crippen LogP contribution in [-0.2, 0) is 4.79 Å². The number of carbonyl (C=O) groups excluding carboxylic acids is 1. The number of nitrogens with one attached hydrogen (secondary N) is 1. The van der Waals surface area contributed by atoms with Crippen molar-refractivity contribution < 1.29 is 9.53 Å². The van der Waals surface area contributed by atoms with Crippen LogP contribution >= 0.6 is 11.6 Å². The summed E-state index contributed by atoms with van der Waals surface area (Å²) in [6.45, 7) is 0. The van der Waals surface area contributed by atoms with Gasteiger partial charge in [0.25, 0.3) is 5.91 Å². The van der Waals surface area contributed by atoms with Gasteiger partial charge >= 0.3 is 0 Å². The number of benzene rings is 1. The molecule has 1 aromatic rings. The molecule has 0 bridgehead atoms. The molecule has 17 heavy (non-hydrogen) atoms. The lowest BCUT2D eigenvalue weighted by Crippen LogP contribution is -2.35. The molecule has 1 amide bonds. The quantitative estimate of drug-likeness (QED) is 0.693. The first-order valence-corrected chi connectivity index (χ1v) is 5.77. The van der Waals surface area contributed by atoms with Gasteiger partial charge in [0, 0.05) is 11.1 Å². The second-order valence-electron chi connectivity index (χ2n) is 4.30. The summed E-state index contributed by atoms with van der Waals surface area (Å²) in [5.74, 6) is 0.792. The van der Waals surface area contributed by atoms with Crippen LogP contribution in [0, 0.1) is 0 Å². The molecule has 1 aliphatic carbocycles. The van der Waals surface area contributed by atoms with Crippen molar-refractivity contribution in [3.63, 3.8) is 0 Å². The molecule has 0 spiro atoms. The van der Waals surface area contributed by atoms with E-state index in [0.29, 0.717) is 22.2 Å². The Balaban J connectivity index is 1.96. The minimum Gasteiger partial charge on any atom is -0.449 e. The van der Waals surface area contributed by atoms with Crippen molar-refractivity contribution in [2.45, 2.75) is 18.9 Å². The van der Waals surface area contributed by atoms with Crippen LogP contribution in [0.5, 0.6) is 5.75 Å². The van der Waals surface area contributed by atoms with Crippen molar-refractivity contribution in [2.75, 3.05) is 5.32 Å². The van der Waals surface area contributed by atoms with E-state index in [9.17, 15) is 4.79 Å². The molecule has 1 heterocycles. The molecule has 1 aliphatic heterocycles. The second kappa shape index (κ2) is 3.75. The minimum absolute atomic E-state index is 0.153. The van der Waals surface area contributed by atoms with Gasteiger partial charge in [0.05, 0.1) is 5.69 Å². The standard InChI is InChI=1S/C12H11ClN2O2/c13-7-1-2-10-9(5-7)15-12(16)11(17-10)6-3-8(14)4-6/h1-2,5,8H,3-4,14H2,(H,15,16). The molecule has 0 saturated heterocycles. The van der Waals surface area contributed by atoms with Gasteiger partial charge in [-0.1, -0.05) is 11.6 Å². The maximum atomic E-state index is 11.8. The lowest BCUT2D eigenvalue weighted by molar-refractivity contribution is -0.115. The monoisotopic (exact) mass is 250 g/mol. The van der Waals surface area contributed by atoms with E-state index in [-0.39, 0.29) is 11.9 Å². The third-order valence-electron chi connectivity index (χ3n) is 2.95. The minimum atomic E-state index is -0.221. The van der Waals surface area contributed by atoms with Gasteiger partial charge in [-0.15, -0.1) is 0 Å². The third kappa shape index (κ3) is 1.79. The van der Waals surface area contributed by atoms with E-state index in [0.717, 1.165) is 18.4 Å². The van der Waals surface area contributed by atoms with E-state index < -0.39 is 0 Å². The zero-order valence-electron chi connectivity index (χ0n) is 9.00. The zero-order valence-corrected chi connectivity index (χ0v) is 9.75. The number of amides is 1. The Labute approximate surface area is 103 Å². The highest BCUT2D eigenvalue weighted by atomic mass is 35.5. The number of hydrogen-bond acceptors (Lipinski definition) is 3. The summed E-state index contributed by atoms with van der Waals surface area (Å²) >= 11 is 5.85. The Hall–Kier alpha value is -1.52. The number of fused-ring (bicyclic) bond motifs is 1. The third-order valence-corrected chi connectivity index (χ3v) is 3.18. The highest BCUT2D eigenvalue weighted by Gasteiger charge is 2.31. The maximum Gasteiger partial charge on any atom is 0.291 e. The molecule has 4 nitrogen and oxygen atoms in total. The predicted molar refractivity (Wildman–Crippen MR) is 64.9 cm³/mol. The topological polar surface area (TPSA) is 64.3 Å². The SMILES string of the molecule is NC1CC(=C2Oc3ccc(Cl)cc3NC2=O)C1. The molecule has 0 aromatic heterocycles. The summed E-state index contributed by atoms with van der Waals surface area (Å²) in [6, 6.07) is 5.30. The lowest BCUT2D eigenvalue weighted by atomic mass is 9.86. The van der Waals surface area contributed by atoms with Gasteiger partial charge in [-0.3, -0.25) is 4.79 Å². The summed E-state index contributed by atoms with van der Waals surface area (Å²) in [5, 5.41) is 3.33. The molecule has 3 N–H and O–H groups in total. The van der Waals surface area contributed by atoms with Crippen LogP contribution in [0.25, 0.3) is 0 Å². The molecule has 88 valence electrons. The largest absolute Gasteiger partial charge is 0.449 e. The molecular weight excluding hydrogens is 240 g/mol. The number of carbonyl (C=O) groups is 1. The number of anilines is 1. The Bertz CT molecular complexity index is 531. The number of nitrogens with two attached hydrogens (primary N) is 1. The molecule has 0 radical (unpaired) electrons. The fraction of sp³-hybridized carbons (Fsp3) is 0.250. The van der Waals surface area contributed by atoms with Gasteiger partial charge in [0.2, 0.25) is 0 Å². The average molecular weight is 251 g/mol. The molecule has 3 rings (SSSR count). The van der Waals surface area contributed by atoms with Crippen LogP contribution in [0.2, 0.25) is 5.02 Å². The molecule has 0 unspecified atom stereocenters. The van der Waals surface area contributed by atoms with Crippen molar-refractivity contribution in [3.8, 4) is 5.75 Å².